The van der Waals surface area contributed by atoms with E-state index in [1.165, 1.54) is 11.9 Å². The molecule has 1 fully saturated rings. The minimum absolute atomic E-state index is 0.0588. The summed E-state index contributed by atoms with van der Waals surface area (Å²) in [7, 11) is 0. The maximum atomic E-state index is 11.3. The molecule has 0 atom stereocenters. The van der Waals surface area contributed by atoms with Crippen LogP contribution in [-0.2, 0) is 4.79 Å². The summed E-state index contributed by atoms with van der Waals surface area (Å²) in [6.07, 6.45) is 5.60. The number of benzene rings is 1. The van der Waals surface area contributed by atoms with Crippen molar-refractivity contribution in [2.24, 2.45) is 4.99 Å². The van der Waals surface area contributed by atoms with Gasteiger partial charge in [0.15, 0.2) is 11.5 Å². The van der Waals surface area contributed by atoms with Crippen LogP contribution in [-0.4, -0.2) is 33.2 Å². The fourth-order valence-electron chi connectivity index (χ4n) is 4.28. The minimum atomic E-state index is -0.619. The lowest BCUT2D eigenvalue weighted by Gasteiger charge is -2.32. The molecular formula is C22H27N5O2. The number of aliphatic imine (C=N–C) groups is 1. The van der Waals surface area contributed by atoms with Gasteiger partial charge in [0.2, 0.25) is 11.8 Å². The molecule has 2 aromatic rings. The fourth-order valence-corrected chi connectivity index (χ4v) is 4.28. The highest BCUT2D eigenvalue weighted by Gasteiger charge is 2.35. The van der Waals surface area contributed by atoms with Gasteiger partial charge in [0.05, 0.1) is 5.71 Å². The molecule has 1 aromatic heterocycles. The summed E-state index contributed by atoms with van der Waals surface area (Å²) in [5.41, 5.74) is 8.98. The number of nitrogens with two attached hydrogens (primary N) is 1. The Kier molecular flexibility index (Phi) is 4.98. The number of hydrogen-bond acceptors (Lipinski definition) is 6. The van der Waals surface area contributed by atoms with Crippen LogP contribution in [0.4, 0.5) is 11.5 Å². The number of amides is 1. The van der Waals surface area contributed by atoms with Gasteiger partial charge in [-0.3, -0.25) is 4.79 Å². The van der Waals surface area contributed by atoms with Crippen molar-refractivity contribution < 1.29 is 9.53 Å². The first-order chi connectivity index (χ1) is 13.8. The third-order valence-electron chi connectivity index (χ3n) is 5.75. The van der Waals surface area contributed by atoms with Crippen LogP contribution in [0.25, 0.3) is 0 Å². The van der Waals surface area contributed by atoms with Crippen molar-refractivity contribution in [2.45, 2.75) is 64.0 Å². The highest BCUT2D eigenvalue weighted by atomic mass is 16.5. The van der Waals surface area contributed by atoms with E-state index in [4.69, 9.17) is 15.5 Å². The van der Waals surface area contributed by atoms with Gasteiger partial charge in [-0.1, -0.05) is 24.3 Å². The van der Waals surface area contributed by atoms with Gasteiger partial charge in [0.1, 0.15) is 11.9 Å². The number of anilines is 1. The highest BCUT2D eigenvalue weighted by Crippen LogP contribution is 2.39. The molecule has 0 bridgehead atoms. The summed E-state index contributed by atoms with van der Waals surface area (Å²) in [5.74, 6) is 1.31. The van der Waals surface area contributed by atoms with E-state index in [1.807, 2.05) is 13.8 Å². The maximum absolute atomic E-state index is 11.3. The molecule has 2 aliphatic rings. The van der Waals surface area contributed by atoms with Crippen LogP contribution >= 0.6 is 0 Å². The summed E-state index contributed by atoms with van der Waals surface area (Å²) in [6.45, 7) is 5.54. The van der Waals surface area contributed by atoms with Crippen LogP contribution in [0.15, 0.2) is 35.6 Å². The lowest BCUT2D eigenvalue weighted by Crippen LogP contribution is -2.41. The molecule has 3 N–H and O–H groups in total. The summed E-state index contributed by atoms with van der Waals surface area (Å²) in [4.78, 5) is 24.2. The minimum Gasteiger partial charge on any atom is -0.463 e. The first kappa shape index (κ1) is 19.4. The Balaban J connectivity index is 1.54. The monoisotopic (exact) mass is 393 g/mol. The number of carbonyl (C=O) groups is 1. The second-order valence-corrected chi connectivity index (χ2v) is 8.36. The van der Waals surface area contributed by atoms with Crippen molar-refractivity contribution in [3.8, 4) is 5.88 Å². The third kappa shape index (κ3) is 3.95. The molecule has 0 saturated heterocycles. The van der Waals surface area contributed by atoms with E-state index < -0.39 is 5.60 Å². The molecular weight excluding hydrogens is 366 g/mol. The smallest absolute Gasteiger partial charge is 0.246 e. The van der Waals surface area contributed by atoms with Crippen molar-refractivity contribution >= 4 is 23.1 Å². The second kappa shape index (κ2) is 7.46. The van der Waals surface area contributed by atoms with Crippen molar-refractivity contribution in [3.63, 3.8) is 0 Å². The van der Waals surface area contributed by atoms with Gasteiger partial charge in [-0.25, -0.2) is 9.98 Å². The predicted molar refractivity (Wildman–Crippen MR) is 113 cm³/mol. The zero-order valence-corrected chi connectivity index (χ0v) is 17.1. The highest BCUT2D eigenvalue weighted by molar-refractivity contribution is 6.09. The molecule has 7 nitrogen and oxygen atoms in total. The molecule has 0 unspecified atom stereocenters. The van der Waals surface area contributed by atoms with Gasteiger partial charge in [-0.05, 0) is 51.0 Å². The number of aromatic nitrogens is 2. The fraction of sp³-hybridized carbons (Fsp3) is 0.455. The van der Waals surface area contributed by atoms with Crippen LogP contribution < -0.4 is 15.8 Å². The Labute approximate surface area is 170 Å². The Hall–Kier alpha value is -2.96. The van der Waals surface area contributed by atoms with Gasteiger partial charge in [-0.15, -0.1) is 0 Å². The van der Waals surface area contributed by atoms with E-state index in [1.54, 1.807) is 6.92 Å². The Morgan fingerprint density at radius 2 is 1.83 bits per heavy atom. The normalized spacial score (nSPS) is 22.8. The van der Waals surface area contributed by atoms with Crippen LogP contribution in [0.3, 0.4) is 0 Å². The first-order valence-corrected chi connectivity index (χ1v) is 10.1. The van der Waals surface area contributed by atoms with E-state index in [2.05, 4.69) is 39.6 Å². The predicted octanol–water partition coefficient (Wildman–Crippen LogP) is 3.51. The molecule has 1 aromatic carbocycles. The molecule has 0 spiro atoms. The molecule has 1 aliphatic heterocycles. The molecule has 7 heteroatoms. The van der Waals surface area contributed by atoms with Gasteiger partial charge in [0, 0.05) is 18.5 Å². The number of nitrogens with one attached hydrogen (secondary N) is 1. The standard InChI is InChI=1S/C22H27N5O2/c1-13(28)26-17-10-8-15(9-11-17)14-4-6-16(7-5-14)19-22(2,3)29-21-18(27-19)20(23)24-12-25-21/h4-7,12,15,17H,8-11H2,1-3H3,(H,26,28)(H2,23,24,25). The van der Waals surface area contributed by atoms with E-state index >= 15 is 0 Å². The van der Waals surface area contributed by atoms with Crippen LogP contribution in [0.5, 0.6) is 5.88 Å². The second-order valence-electron chi connectivity index (χ2n) is 8.36. The largest absolute Gasteiger partial charge is 0.463 e. The maximum Gasteiger partial charge on any atom is 0.246 e. The number of nitrogen functional groups attached to an aromatic ring is 1. The zero-order valence-electron chi connectivity index (χ0n) is 17.1. The summed E-state index contributed by atoms with van der Waals surface area (Å²) >= 11 is 0. The van der Waals surface area contributed by atoms with Gasteiger partial charge in [0.25, 0.3) is 0 Å². The molecule has 4 rings (SSSR count). The average molecular weight is 393 g/mol. The number of nitrogens with zero attached hydrogens (tertiary/aromatic N) is 3. The summed E-state index contributed by atoms with van der Waals surface area (Å²) in [6, 6.07) is 8.87. The molecule has 1 amide bonds. The van der Waals surface area contributed by atoms with Crippen molar-refractivity contribution in [1.29, 1.82) is 0 Å². The van der Waals surface area contributed by atoms with Gasteiger partial charge >= 0.3 is 0 Å². The SMILES string of the molecule is CC(=O)NC1CCC(c2ccc(C3=Nc4c(N)ncnc4OC3(C)C)cc2)CC1. The quantitative estimate of drug-likeness (QED) is 0.831. The molecule has 1 aliphatic carbocycles. The lowest BCUT2D eigenvalue weighted by molar-refractivity contribution is -0.119. The molecule has 152 valence electrons. The number of ether oxygens (including phenoxy) is 1. The Morgan fingerprint density at radius 3 is 2.48 bits per heavy atom. The van der Waals surface area contributed by atoms with Crippen LogP contribution in [0.1, 0.15) is 63.5 Å². The third-order valence-corrected chi connectivity index (χ3v) is 5.75. The van der Waals surface area contributed by atoms with Gasteiger partial charge in [-0.2, -0.15) is 4.98 Å². The van der Waals surface area contributed by atoms with E-state index in [-0.39, 0.29) is 5.91 Å². The molecule has 0 radical (unpaired) electrons. The van der Waals surface area contributed by atoms with E-state index in [0.29, 0.717) is 29.3 Å². The molecule has 1 saturated carbocycles. The van der Waals surface area contributed by atoms with E-state index in [0.717, 1.165) is 37.0 Å². The average Bonchev–Trinajstić information content (AvgIpc) is 2.67. The number of hydrogen-bond donors (Lipinski definition) is 2. The summed E-state index contributed by atoms with van der Waals surface area (Å²) in [5, 5.41) is 3.04. The number of fused-ring (bicyclic) bond motifs is 1. The Bertz CT molecular complexity index is 944. The molecule has 2 heterocycles. The van der Waals surface area contributed by atoms with Crippen molar-refractivity contribution in [1.82, 2.24) is 15.3 Å². The number of rotatable bonds is 3. The van der Waals surface area contributed by atoms with Crippen molar-refractivity contribution in [3.05, 3.63) is 41.7 Å². The van der Waals surface area contributed by atoms with Crippen molar-refractivity contribution in [2.75, 3.05) is 5.73 Å². The summed E-state index contributed by atoms with van der Waals surface area (Å²) < 4.78 is 6.06. The topological polar surface area (TPSA) is 102 Å². The Morgan fingerprint density at radius 1 is 1.14 bits per heavy atom. The van der Waals surface area contributed by atoms with E-state index in [9.17, 15) is 4.79 Å². The van der Waals surface area contributed by atoms with Crippen LogP contribution in [0.2, 0.25) is 0 Å². The van der Waals surface area contributed by atoms with Gasteiger partial charge < -0.3 is 15.8 Å². The zero-order chi connectivity index (χ0) is 20.6. The first-order valence-electron chi connectivity index (χ1n) is 10.1. The number of carbonyl (C=O) groups excluding carboxylic acids is 1. The molecule has 29 heavy (non-hydrogen) atoms. The lowest BCUT2D eigenvalue weighted by atomic mass is 9.81. The van der Waals surface area contributed by atoms with Crippen LogP contribution in [0, 0.1) is 0 Å².